The van der Waals surface area contributed by atoms with Crippen molar-refractivity contribution in [1.29, 1.82) is 0 Å². The number of nitrogens with zero attached hydrogens (tertiary/aromatic N) is 2. The molecule has 0 atom stereocenters. The zero-order valence-electron chi connectivity index (χ0n) is 12.7. The van der Waals surface area contributed by atoms with Crippen LogP contribution in [0.25, 0.3) is 5.65 Å². The quantitative estimate of drug-likeness (QED) is 0.718. The van der Waals surface area contributed by atoms with Gasteiger partial charge in [-0.2, -0.15) is 0 Å². The van der Waals surface area contributed by atoms with Gasteiger partial charge in [-0.15, -0.1) is 0 Å². The second kappa shape index (κ2) is 5.24. The Labute approximate surface area is 125 Å². The van der Waals surface area contributed by atoms with Crippen LogP contribution < -0.4 is 4.74 Å². The number of fused-ring (bicyclic) bond motifs is 1. The zero-order valence-corrected chi connectivity index (χ0v) is 12.7. The van der Waals surface area contributed by atoms with E-state index in [9.17, 15) is 0 Å². The smallest absolute Gasteiger partial charge is 0.137 e. The Kier molecular flexibility index (Phi) is 3.42. The number of hydrogen-bond donors (Lipinski definition) is 0. The second-order valence-electron chi connectivity index (χ2n) is 6.26. The summed E-state index contributed by atoms with van der Waals surface area (Å²) in [7, 11) is 0. The molecule has 108 valence electrons. The normalized spacial score (nSPS) is 11.8. The van der Waals surface area contributed by atoms with Gasteiger partial charge < -0.3 is 9.14 Å². The molecule has 1 aromatic carbocycles. The van der Waals surface area contributed by atoms with Crippen LogP contribution in [0.15, 0.2) is 54.9 Å². The van der Waals surface area contributed by atoms with Gasteiger partial charge in [0.2, 0.25) is 0 Å². The first-order valence-electron chi connectivity index (χ1n) is 7.18. The molecule has 2 heterocycles. The summed E-state index contributed by atoms with van der Waals surface area (Å²) in [6, 6.07) is 14.3. The second-order valence-corrected chi connectivity index (χ2v) is 6.26. The van der Waals surface area contributed by atoms with Gasteiger partial charge in [0.05, 0.1) is 5.69 Å². The molecule has 0 bridgehead atoms. The largest absolute Gasteiger partial charge is 0.487 e. The lowest BCUT2D eigenvalue weighted by Crippen LogP contribution is -2.10. The van der Waals surface area contributed by atoms with Gasteiger partial charge in [0.15, 0.2) is 0 Å². The Morgan fingerprint density at radius 1 is 1.05 bits per heavy atom. The van der Waals surface area contributed by atoms with E-state index in [1.165, 1.54) is 5.56 Å². The minimum absolute atomic E-state index is 0.167. The number of pyridine rings is 1. The Morgan fingerprint density at radius 2 is 1.81 bits per heavy atom. The molecule has 2 aromatic heterocycles. The summed E-state index contributed by atoms with van der Waals surface area (Å²) < 4.78 is 7.81. The predicted molar refractivity (Wildman–Crippen MR) is 84.7 cm³/mol. The van der Waals surface area contributed by atoms with Crippen molar-refractivity contribution in [3.05, 3.63) is 66.1 Å². The highest BCUT2D eigenvalue weighted by Gasteiger charge is 2.13. The molecule has 3 aromatic rings. The van der Waals surface area contributed by atoms with Crippen molar-refractivity contribution in [1.82, 2.24) is 9.38 Å². The van der Waals surface area contributed by atoms with Crippen molar-refractivity contribution in [3.63, 3.8) is 0 Å². The molecule has 0 saturated heterocycles. The van der Waals surface area contributed by atoms with E-state index < -0.39 is 0 Å². The summed E-state index contributed by atoms with van der Waals surface area (Å²) >= 11 is 0. The molecular weight excluding hydrogens is 260 g/mol. The van der Waals surface area contributed by atoms with Gasteiger partial charge in [0.25, 0.3) is 0 Å². The van der Waals surface area contributed by atoms with Crippen LogP contribution in [-0.4, -0.2) is 9.38 Å². The first-order valence-corrected chi connectivity index (χ1v) is 7.18. The van der Waals surface area contributed by atoms with Crippen LogP contribution in [0.5, 0.6) is 5.75 Å². The van der Waals surface area contributed by atoms with Gasteiger partial charge in [-0.25, -0.2) is 4.98 Å². The van der Waals surface area contributed by atoms with Crippen LogP contribution in [0.4, 0.5) is 0 Å². The molecule has 0 unspecified atom stereocenters. The van der Waals surface area contributed by atoms with Crippen LogP contribution in [0.2, 0.25) is 0 Å². The van der Waals surface area contributed by atoms with Crippen LogP contribution in [-0.2, 0) is 12.0 Å². The minimum Gasteiger partial charge on any atom is -0.487 e. The zero-order chi connectivity index (χ0) is 14.9. The van der Waals surface area contributed by atoms with Gasteiger partial charge in [0.1, 0.15) is 18.0 Å². The number of ether oxygens (including phenoxy) is 1. The Bertz CT molecular complexity index is 703. The van der Waals surface area contributed by atoms with Crippen molar-refractivity contribution in [2.24, 2.45) is 0 Å². The molecule has 3 heteroatoms. The average molecular weight is 280 g/mol. The summed E-state index contributed by atoms with van der Waals surface area (Å²) in [5.41, 5.74) is 3.35. The average Bonchev–Trinajstić information content (AvgIpc) is 2.87. The summed E-state index contributed by atoms with van der Waals surface area (Å²) in [5, 5.41) is 0. The van der Waals surface area contributed by atoms with Gasteiger partial charge in [-0.1, -0.05) is 39.0 Å². The summed E-state index contributed by atoms with van der Waals surface area (Å²) in [5.74, 6) is 0.875. The number of hydrogen-bond acceptors (Lipinski definition) is 2. The van der Waals surface area contributed by atoms with E-state index in [1.807, 2.05) is 47.1 Å². The molecule has 0 aliphatic heterocycles. The standard InChI is InChI=1S/C18H20N2O/c1-18(2,3)14-7-9-16(10-8-14)21-13-15-12-20-11-5-4-6-17(20)19-15/h4-12H,13H2,1-3H3. The van der Waals surface area contributed by atoms with Crippen molar-refractivity contribution in [2.45, 2.75) is 32.8 Å². The van der Waals surface area contributed by atoms with Gasteiger partial charge in [-0.05, 0) is 35.2 Å². The van der Waals surface area contributed by atoms with E-state index in [4.69, 9.17) is 4.74 Å². The molecule has 3 nitrogen and oxygen atoms in total. The van der Waals surface area contributed by atoms with Crippen LogP contribution in [0, 0.1) is 0 Å². The van der Waals surface area contributed by atoms with E-state index in [-0.39, 0.29) is 5.41 Å². The van der Waals surface area contributed by atoms with Crippen molar-refractivity contribution in [3.8, 4) is 5.75 Å². The van der Waals surface area contributed by atoms with E-state index in [1.54, 1.807) is 0 Å². The number of benzene rings is 1. The SMILES string of the molecule is CC(C)(C)c1ccc(OCc2cn3ccccc3n2)cc1. The van der Waals surface area contributed by atoms with Gasteiger partial charge >= 0.3 is 0 Å². The topological polar surface area (TPSA) is 26.5 Å². The maximum atomic E-state index is 5.81. The number of imidazole rings is 1. The molecule has 21 heavy (non-hydrogen) atoms. The first kappa shape index (κ1) is 13.7. The van der Waals surface area contributed by atoms with Crippen molar-refractivity contribution < 1.29 is 4.74 Å². The molecule has 0 amide bonds. The monoisotopic (exact) mass is 280 g/mol. The Balaban J connectivity index is 1.69. The van der Waals surface area contributed by atoms with Crippen molar-refractivity contribution in [2.75, 3.05) is 0 Å². The third-order valence-corrected chi connectivity index (χ3v) is 3.52. The van der Waals surface area contributed by atoms with E-state index in [2.05, 4.69) is 37.9 Å². The Hall–Kier alpha value is -2.29. The fraction of sp³-hybridized carbons (Fsp3) is 0.278. The maximum Gasteiger partial charge on any atom is 0.137 e. The lowest BCUT2D eigenvalue weighted by Gasteiger charge is -2.19. The fourth-order valence-corrected chi connectivity index (χ4v) is 2.27. The molecule has 0 aliphatic carbocycles. The third-order valence-electron chi connectivity index (χ3n) is 3.52. The lowest BCUT2D eigenvalue weighted by atomic mass is 9.87. The van der Waals surface area contributed by atoms with E-state index >= 15 is 0 Å². The van der Waals surface area contributed by atoms with E-state index in [0.29, 0.717) is 6.61 Å². The predicted octanol–water partition coefficient (Wildman–Crippen LogP) is 4.21. The molecule has 0 aliphatic rings. The first-order chi connectivity index (χ1) is 10.0. The molecule has 0 N–H and O–H groups in total. The highest BCUT2D eigenvalue weighted by molar-refractivity contribution is 5.39. The molecule has 3 rings (SSSR count). The van der Waals surface area contributed by atoms with Crippen LogP contribution in [0.1, 0.15) is 32.0 Å². The molecular formula is C18H20N2O. The summed E-state index contributed by atoms with van der Waals surface area (Å²) in [6.07, 6.45) is 3.99. The molecule has 0 spiro atoms. The highest BCUT2D eigenvalue weighted by Crippen LogP contribution is 2.24. The molecule has 0 fully saturated rings. The van der Waals surface area contributed by atoms with Gasteiger partial charge in [-0.3, -0.25) is 0 Å². The van der Waals surface area contributed by atoms with Crippen molar-refractivity contribution >= 4 is 5.65 Å². The third kappa shape index (κ3) is 3.07. The Morgan fingerprint density at radius 3 is 2.48 bits per heavy atom. The van der Waals surface area contributed by atoms with Crippen LogP contribution >= 0.6 is 0 Å². The fourth-order valence-electron chi connectivity index (χ4n) is 2.27. The highest BCUT2D eigenvalue weighted by atomic mass is 16.5. The van der Waals surface area contributed by atoms with E-state index in [0.717, 1.165) is 17.1 Å². The lowest BCUT2D eigenvalue weighted by molar-refractivity contribution is 0.302. The molecule has 0 saturated carbocycles. The van der Waals surface area contributed by atoms with Gasteiger partial charge in [0, 0.05) is 12.4 Å². The maximum absolute atomic E-state index is 5.81. The minimum atomic E-state index is 0.167. The number of aromatic nitrogens is 2. The van der Waals surface area contributed by atoms with Crippen LogP contribution in [0.3, 0.4) is 0 Å². The molecule has 0 radical (unpaired) electrons. The summed E-state index contributed by atoms with van der Waals surface area (Å²) in [4.78, 5) is 4.52. The summed E-state index contributed by atoms with van der Waals surface area (Å²) in [6.45, 7) is 7.11. The number of rotatable bonds is 3.